The van der Waals surface area contributed by atoms with Gasteiger partial charge in [0, 0.05) is 49.2 Å². The summed E-state index contributed by atoms with van der Waals surface area (Å²) in [5.41, 5.74) is 8.51. The molecule has 1 unspecified atom stereocenters. The van der Waals surface area contributed by atoms with Gasteiger partial charge in [-0.1, -0.05) is 18.2 Å². The Morgan fingerprint density at radius 2 is 2.23 bits per heavy atom. The third kappa shape index (κ3) is 4.37. The van der Waals surface area contributed by atoms with Gasteiger partial charge in [0.1, 0.15) is 0 Å². The number of carbonyl (C=O) groups is 1. The molecule has 1 aliphatic carbocycles. The van der Waals surface area contributed by atoms with Crippen LogP contribution in [0.5, 0.6) is 0 Å². The Morgan fingerprint density at radius 3 is 2.96 bits per heavy atom. The van der Waals surface area contributed by atoms with Gasteiger partial charge in [0.25, 0.3) is 0 Å². The topological polar surface area (TPSA) is 85.4 Å². The smallest absolute Gasteiger partial charge is 0.217 e. The number of carbonyl (C=O) groups excluding carboxylic acids is 1. The van der Waals surface area contributed by atoms with Crippen LogP contribution in [0.1, 0.15) is 25.7 Å². The lowest BCUT2D eigenvalue weighted by Gasteiger charge is -2.44. The van der Waals surface area contributed by atoms with Crippen LogP contribution in [-0.4, -0.2) is 36.5 Å². The van der Waals surface area contributed by atoms with Crippen molar-refractivity contribution in [3.05, 3.63) is 48.2 Å². The molecule has 1 fully saturated rings. The van der Waals surface area contributed by atoms with Crippen molar-refractivity contribution in [1.29, 1.82) is 5.26 Å². The van der Waals surface area contributed by atoms with Gasteiger partial charge in [-0.2, -0.15) is 5.26 Å². The highest BCUT2D eigenvalue weighted by atomic mass is 16.1. The van der Waals surface area contributed by atoms with E-state index in [-0.39, 0.29) is 11.9 Å². The largest absolute Gasteiger partial charge is 0.370 e. The number of piperazine rings is 1. The predicted octanol–water partition coefficient (Wildman–Crippen LogP) is 2.57. The van der Waals surface area contributed by atoms with E-state index in [1.807, 2.05) is 24.4 Å². The lowest BCUT2D eigenvalue weighted by molar-refractivity contribution is -0.118. The molecule has 3 N–H and O–H groups in total. The standard InChI is InChI=1S/C20H25N5O/c21-15-23-16-5-4-8-18(13-16)25-12-11-24(17-6-2-1-3-7-17)14-19(25)9-10-20(22)26/h2,4-8,13,19,23H,1,3,9-12,14H2,(H2,22,26). The van der Waals surface area contributed by atoms with Gasteiger partial charge in [-0.3, -0.25) is 10.1 Å². The molecule has 1 atom stereocenters. The molecule has 1 saturated heterocycles. The Bertz CT molecular complexity index is 749. The van der Waals surface area contributed by atoms with Gasteiger partial charge in [0.05, 0.1) is 0 Å². The number of anilines is 2. The molecule has 136 valence electrons. The minimum Gasteiger partial charge on any atom is -0.370 e. The van der Waals surface area contributed by atoms with E-state index in [1.165, 1.54) is 5.70 Å². The second kappa shape index (κ2) is 8.43. The first-order valence-electron chi connectivity index (χ1n) is 9.09. The Kier molecular flexibility index (Phi) is 5.80. The number of benzene rings is 1. The molecule has 3 rings (SSSR count). The molecule has 6 nitrogen and oxygen atoms in total. The first-order valence-corrected chi connectivity index (χ1v) is 9.09. The third-order valence-electron chi connectivity index (χ3n) is 4.93. The summed E-state index contributed by atoms with van der Waals surface area (Å²) in [5.74, 6) is -0.265. The van der Waals surface area contributed by atoms with Crippen LogP contribution in [0.4, 0.5) is 11.4 Å². The number of hydrogen-bond donors (Lipinski definition) is 2. The molecule has 2 aliphatic rings. The summed E-state index contributed by atoms with van der Waals surface area (Å²) in [6, 6.07) is 8.05. The van der Waals surface area contributed by atoms with E-state index < -0.39 is 0 Å². The highest BCUT2D eigenvalue weighted by molar-refractivity contribution is 5.73. The molecule has 1 heterocycles. The van der Waals surface area contributed by atoms with Crippen LogP contribution < -0.4 is 16.0 Å². The summed E-state index contributed by atoms with van der Waals surface area (Å²) >= 11 is 0. The number of nitrogens with two attached hydrogens (primary N) is 1. The first kappa shape index (κ1) is 17.9. The molecule has 1 aromatic rings. The maximum atomic E-state index is 11.3. The fourth-order valence-electron chi connectivity index (χ4n) is 3.65. The minimum atomic E-state index is -0.265. The Labute approximate surface area is 154 Å². The van der Waals surface area contributed by atoms with Gasteiger partial charge >= 0.3 is 0 Å². The van der Waals surface area contributed by atoms with Gasteiger partial charge in [-0.25, -0.2) is 0 Å². The molecule has 0 aromatic heterocycles. The third-order valence-corrected chi connectivity index (χ3v) is 4.93. The zero-order valence-electron chi connectivity index (χ0n) is 14.9. The molecule has 1 amide bonds. The number of primary amides is 1. The Balaban J connectivity index is 1.78. The molecule has 0 radical (unpaired) electrons. The molecule has 0 spiro atoms. The van der Waals surface area contributed by atoms with Gasteiger partial charge in [-0.05, 0) is 43.5 Å². The van der Waals surface area contributed by atoms with Crippen LogP contribution in [0.15, 0.2) is 48.2 Å². The van der Waals surface area contributed by atoms with Gasteiger partial charge in [0.2, 0.25) is 5.91 Å². The molecule has 0 saturated carbocycles. The highest BCUT2D eigenvalue weighted by Gasteiger charge is 2.28. The molecule has 26 heavy (non-hydrogen) atoms. The van der Waals surface area contributed by atoms with E-state index in [0.717, 1.165) is 50.3 Å². The van der Waals surface area contributed by atoms with Crippen LogP contribution in [0.2, 0.25) is 0 Å². The average molecular weight is 351 g/mol. The zero-order valence-corrected chi connectivity index (χ0v) is 14.9. The summed E-state index contributed by atoms with van der Waals surface area (Å²) in [7, 11) is 0. The van der Waals surface area contributed by atoms with E-state index in [2.05, 4.69) is 39.4 Å². The van der Waals surface area contributed by atoms with Gasteiger partial charge < -0.3 is 15.5 Å². The predicted molar refractivity (Wildman–Crippen MR) is 103 cm³/mol. The second-order valence-corrected chi connectivity index (χ2v) is 6.69. The van der Waals surface area contributed by atoms with E-state index in [1.54, 1.807) is 0 Å². The lowest BCUT2D eigenvalue weighted by Crippen LogP contribution is -2.53. The van der Waals surface area contributed by atoms with E-state index in [4.69, 9.17) is 11.0 Å². The summed E-state index contributed by atoms with van der Waals surface area (Å²) in [4.78, 5) is 16.1. The van der Waals surface area contributed by atoms with Crippen LogP contribution in [0, 0.1) is 11.5 Å². The summed E-state index contributed by atoms with van der Waals surface area (Å²) < 4.78 is 0. The van der Waals surface area contributed by atoms with Crippen molar-refractivity contribution >= 4 is 17.3 Å². The van der Waals surface area contributed by atoms with E-state index in [9.17, 15) is 4.79 Å². The molecule has 0 bridgehead atoms. The molecule has 1 aliphatic heterocycles. The van der Waals surface area contributed by atoms with Crippen molar-refractivity contribution < 1.29 is 4.79 Å². The number of allylic oxidation sites excluding steroid dienone is 3. The molecule has 6 heteroatoms. The molecule has 1 aromatic carbocycles. The maximum absolute atomic E-state index is 11.3. The SMILES string of the molecule is N#CNc1cccc(N2CCN(C3=CCCC=C3)CC2CCC(N)=O)c1. The summed E-state index contributed by atoms with van der Waals surface area (Å²) in [6.07, 6.45) is 12.0. The van der Waals surface area contributed by atoms with Crippen molar-refractivity contribution in [2.24, 2.45) is 5.73 Å². The van der Waals surface area contributed by atoms with E-state index >= 15 is 0 Å². The summed E-state index contributed by atoms with van der Waals surface area (Å²) in [6.45, 7) is 2.66. The number of rotatable bonds is 6. The fourth-order valence-corrected chi connectivity index (χ4v) is 3.65. The maximum Gasteiger partial charge on any atom is 0.217 e. The van der Waals surface area contributed by atoms with Gasteiger partial charge in [0.15, 0.2) is 6.19 Å². The minimum absolute atomic E-state index is 0.199. The number of nitrogens with zero attached hydrogens (tertiary/aromatic N) is 3. The number of hydrogen-bond acceptors (Lipinski definition) is 5. The fraction of sp³-hybridized carbons (Fsp3) is 0.400. The quantitative estimate of drug-likeness (QED) is 0.608. The van der Waals surface area contributed by atoms with E-state index in [0.29, 0.717) is 6.42 Å². The monoisotopic (exact) mass is 351 g/mol. The zero-order chi connectivity index (χ0) is 18.4. The van der Waals surface area contributed by atoms with Crippen molar-refractivity contribution in [1.82, 2.24) is 4.90 Å². The van der Waals surface area contributed by atoms with Crippen molar-refractivity contribution in [3.8, 4) is 6.19 Å². The van der Waals surface area contributed by atoms with Crippen LogP contribution in [0.25, 0.3) is 0 Å². The van der Waals surface area contributed by atoms with Crippen LogP contribution >= 0.6 is 0 Å². The number of nitrogens with one attached hydrogen (secondary N) is 1. The lowest BCUT2D eigenvalue weighted by atomic mass is 10.0. The molecular formula is C20H25N5O. The first-order chi connectivity index (χ1) is 12.7. The Hall–Kier alpha value is -2.94. The van der Waals surface area contributed by atoms with Crippen molar-refractivity contribution in [2.45, 2.75) is 31.7 Å². The van der Waals surface area contributed by atoms with Gasteiger partial charge in [-0.15, -0.1) is 0 Å². The normalized spacial score (nSPS) is 19.7. The average Bonchev–Trinajstić information content (AvgIpc) is 2.67. The second-order valence-electron chi connectivity index (χ2n) is 6.69. The molecular weight excluding hydrogens is 326 g/mol. The van der Waals surface area contributed by atoms with Crippen molar-refractivity contribution in [2.75, 3.05) is 29.9 Å². The number of amides is 1. The van der Waals surface area contributed by atoms with Crippen LogP contribution in [-0.2, 0) is 4.79 Å². The summed E-state index contributed by atoms with van der Waals surface area (Å²) in [5, 5.41) is 11.5. The van der Waals surface area contributed by atoms with Crippen molar-refractivity contribution in [3.63, 3.8) is 0 Å². The highest BCUT2D eigenvalue weighted by Crippen LogP contribution is 2.28. The number of nitriles is 1. The van der Waals surface area contributed by atoms with Crippen LogP contribution in [0.3, 0.4) is 0 Å². The Morgan fingerprint density at radius 1 is 1.35 bits per heavy atom.